The Morgan fingerprint density at radius 1 is 1.33 bits per heavy atom. The molecule has 124 valence electrons. The van der Waals surface area contributed by atoms with Crippen LogP contribution in [-0.2, 0) is 4.74 Å². The van der Waals surface area contributed by atoms with E-state index in [2.05, 4.69) is 15.3 Å². The highest BCUT2D eigenvalue weighted by atomic mass is 16.5. The van der Waals surface area contributed by atoms with Gasteiger partial charge in [-0.3, -0.25) is 9.78 Å². The van der Waals surface area contributed by atoms with Crippen molar-refractivity contribution in [2.45, 2.75) is 12.1 Å². The van der Waals surface area contributed by atoms with Crippen molar-refractivity contribution in [3.05, 3.63) is 48.4 Å². The lowest BCUT2D eigenvalue weighted by Gasteiger charge is -2.37. The molecule has 0 unspecified atom stereocenters. The molecule has 2 aliphatic rings. The highest BCUT2D eigenvalue weighted by molar-refractivity contribution is 5.95. The fourth-order valence-corrected chi connectivity index (χ4v) is 3.16. The highest BCUT2D eigenvalue weighted by Crippen LogP contribution is 2.23. The van der Waals surface area contributed by atoms with Crippen LogP contribution < -0.4 is 10.1 Å². The molecule has 2 fully saturated rings. The minimum Gasteiger partial charge on any atom is -0.437 e. The van der Waals surface area contributed by atoms with E-state index in [0.29, 0.717) is 30.3 Å². The van der Waals surface area contributed by atoms with Gasteiger partial charge in [0, 0.05) is 37.6 Å². The molecule has 0 saturated carbocycles. The third kappa shape index (κ3) is 2.95. The average Bonchev–Trinajstić information content (AvgIpc) is 3.11. The number of nitrogens with one attached hydrogen (secondary N) is 1. The summed E-state index contributed by atoms with van der Waals surface area (Å²) in [6.07, 6.45) is 4.76. The van der Waals surface area contributed by atoms with E-state index in [4.69, 9.17) is 9.47 Å². The molecule has 0 radical (unpaired) electrons. The number of fused-ring (bicyclic) bond motifs is 1. The van der Waals surface area contributed by atoms with Crippen LogP contribution in [0.25, 0.3) is 0 Å². The molecule has 4 rings (SSSR count). The van der Waals surface area contributed by atoms with Crippen molar-refractivity contribution in [1.29, 1.82) is 0 Å². The second kappa shape index (κ2) is 6.54. The predicted molar refractivity (Wildman–Crippen MR) is 86.0 cm³/mol. The van der Waals surface area contributed by atoms with Crippen molar-refractivity contribution < 1.29 is 14.3 Å². The number of nitrogens with zero attached hydrogens (tertiary/aromatic N) is 3. The number of amides is 1. The summed E-state index contributed by atoms with van der Waals surface area (Å²) in [6.45, 7) is 2.75. The lowest BCUT2D eigenvalue weighted by atomic mass is 10.1. The molecule has 3 heterocycles. The van der Waals surface area contributed by atoms with Crippen molar-refractivity contribution in [2.24, 2.45) is 0 Å². The summed E-state index contributed by atoms with van der Waals surface area (Å²) in [4.78, 5) is 22.8. The van der Waals surface area contributed by atoms with Gasteiger partial charge in [0.05, 0.1) is 24.9 Å². The molecule has 24 heavy (non-hydrogen) atoms. The molecule has 2 aliphatic heterocycles. The zero-order chi connectivity index (χ0) is 16.4. The molecule has 1 amide bonds. The zero-order valence-corrected chi connectivity index (χ0v) is 13.1. The fourth-order valence-electron chi connectivity index (χ4n) is 3.16. The van der Waals surface area contributed by atoms with E-state index >= 15 is 0 Å². The summed E-state index contributed by atoms with van der Waals surface area (Å²) in [6, 6.07) is 7.24. The van der Waals surface area contributed by atoms with Crippen molar-refractivity contribution in [3.63, 3.8) is 0 Å². The Labute approximate surface area is 139 Å². The molecule has 0 aliphatic carbocycles. The van der Waals surface area contributed by atoms with Gasteiger partial charge in [-0.1, -0.05) is 6.07 Å². The predicted octanol–water partition coefficient (Wildman–Crippen LogP) is 1.08. The Morgan fingerprint density at radius 3 is 3.17 bits per heavy atom. The molecule has 0 spiro atoms. The Hall–Kier alpha value is -2.51. The molecule has 0 bridgehead atoms. The molecule has 2 saturated heterocycles. The molecule has 2 atom stereocenters. The van der Waals surface area contributed by atoms with Crippen LogP contribution in [0.2, 0.25) is 0 Å². The van der Waals surface area contributed by atoms with E-state index < -0.39 is 0 Å². The molecule has 1 N–H and O–H groups in total. The molecule has 1 aromatic heterocycles. The first kappa shape index (κ1) is 15.0. The van der Waals surface area contributed by atoms with Crippen LogP contribution in [-0.4, -0.2) is 59.2 Å². The maximum Gasteiger partial charge on any atom is 0.254 e. The van der Waals surface area contributed by atoms with Gasteiger partial charge in [-0.05, 0) is 18.2 Å². The standard InChI is InChI=1S/C17H18N4O3/c22-17(21-6-7-23-15-10-19-9-14(15)21)12-2-1-3-13(8-12)24-16-11-18-4-5-20-16/h1-5,8,11,14-15,19H,6-7,9-10H2/t14-,15+/m1/s1. The Balaban J connectivity index is 1.53. The SMILES string of the molecule is O=C(c1cccc(Oc2cnccn2)c1)N1CCO[C@H]2CNC[C@H]21. The van der Waals surface area contributed by atoms with Crippen molar-refractivity contribution in [3.8, 4) is 11.6 Å². The quantitative estimate of drug-likeness (QED) is 0.910. The number of benzene rings is 1. The minimum atomic E-state index is 0.00148. The first-order valence-corrected chi connectivity index (χ1v) is 7.98. The highest BCUT2D eigenvalue weighted by Gasteiger charge is 2.38. The van der Waals surface area contributed by atoms with Crippen LogP contribution in [0.3, 0.4) is 0 Å². The monoisotopic (exact) mass is 326 g/mol. The van der Waals surface area contributed by atoms with Crippen molar-refractivity contribution in [1.82, 2.24) is 20.2 Å². The van der Waals surface area contributed by atoms with E-state index in [1.165, 1.54) is 6.20 Å². The normalized spacial score (nSPS) is 22.9. The number of morpholine rings is 1. The van der Waals surface area contributed by atoms with E-state index in [9.17, 15) is 4.79 Å². The van der Waals surface area contributed by atoms with Gasteiger partial charge in [0.1, 0.15) is 5.75 Å². The summed E-state index contributed by atoms with van der Waals surface area (Å²) in [5.74, 6) is 0.964. The number of carbonyl (C=O) groups is 1. The second-order valence-electron chi connectivity index (χ2n) is 5.81. The van der Waals surface area contributed by atoms with Crippen LogP contribution in [0.1, 0.15) is 10.4 Å². The summed E-state index contributed by atoms with van der Waals surface area (Å²) >= 11 is 0. The van der Waals surface area contributed by atoms with Gasteiger partial charge in [0.25, 0.3) is 5.91 Å². The molecular formula is C17H18N4O3. The number of rotatable bonds is 3. The summed E-state index contributed by atoms with van der Waals surface area (Å²) in [5, 5.41) is 3.29. The number of ether oxygens (including phenoxy) is 2. The third-order valence-corrected chi connectivity index (χ3v) is 4.30. The lowest BCUT2D eigenvalue weighted by Crippen LogP contribution is -2.53. The first-order valence-electron chi connectivity index (χ1n) is 7.98. The molecule has 7 heteroatoms. The van der Waals surface area contributed by atoms with Gasteiger partial charge < -0.3 is 19.7 Å². The van der Waals surface area contributed by atoms with Crippen LogP contribution in [0.5, 0.6) is 11.6 Å². The van der Waals surface area contributed by atoms with Crippen LogP contribution in [0.15, 0.2) is 42.9 Å². The number of carbonyl (C=O) groups excluding carboxylic acids is 1. The van der Waals surface area contributed by atoms with E-state index in [1.54, 1.807) is 30.6 Å². The number of hydrogen-bond acceptors (Lipinski definition) is 6. The summed E-state index contributed by atoms with van der Waals surface area (Å²) in [7, 11) is 0. The van der Waals surface area contributed by atoms with Crippen LogP contribution >= 0.6 is 0 Å². The van der Waals surface area contributed by atoms with Gasteiger partial charge in [-0.25, -0.2) is 4.98 Å². The minimum absolute atomic E-state index is 0.00148. The topological polar surface area (TPSA) is 76.6 Å². The van der Waals surface area contributed by atoms with Crippen molar-refractivity contribution >= 4 is 5.91 Å². The number of hydrogen-bond donors (Lipinski definition) is 1. The van der Waals surface area contributed by atoms with Gasteiger partial charge in [0.2, 0.25) is 5.88 Å². The fraction of sp³-hybridized carbons (Fsp3) is 0.353. The first-order chi connectivity index (χ1) is 11.8. The van der Waals surface area contributed by atoms with Gasteiger partial charge in [-0.15, -0.1) is 0 Å². The number of aromatic nitrogens is 2. The Morgan fingerprint density at radius 2 is 2.29 bits per heavy atom. The van der Waals surface area contributed by atoms with Crippen LogP contribution in [0, 0.1) is 0 Å². The molecule has 1 aromatic carbocycles. The third-order valence-electron chi connectivity index (χ3n) is 4.30. The van der Waals surface area contributed by atoms with E-state index in [-0.39, 0.29) is 18.1 Å². The Kier molecular flexibility index (Phi) is 4.10. The van der Waals surface area contributed by atoms with E-state index in [0.717, 1.165) is 13.1 Å². The second-order valence-corrected chi connectivity index (χ2v) is 5.81. The molecular weight excluding hydrogens is 308 g/mol. The molecule has 2 aromatic rings. The van der Waals surface area contributed by atoms with Gasteiger partial charge in [-0.2, -0.15) is 0 Å². The van der Waals surface area contributed by atoms with Crippen molar-refractivity contribution in [2.75, 3.05) is 26.2 Å². The van der Waals surface area contributed by atoms with Gasteiger partial charge >= 0.3 is 0 Å². The van der Waals surface area contributed by atoms with Crippen LogP contribution in [0.4, 0.5) is 0 Å². The molecule has 7 nitrogen and oxygen atoms in total. The largest absolute Gasteiger partial charge is 0.437 e. The maximum atomic E-state index is 12.9. The van der Waals surface area contributed by atoms with E-state index in [1.807, 2.05) is 11.0 Å². The summed E-state index contributed by atoms with van der Waals surface area (Å²) < 4.78 is 11.4. The maximum absolute atomic E-state index is 12.9. The summed E-state index contributed by atoms with van der Waals surface area (Å²) in [5.41, 5.74) is 0.601. The average molecular weight is 326 g/mol. The Bertz CT molecular complexity index is 725. The zero-order valence-electron chi connectivity index (χ0n) is 13.1. The smallest absolute Gasteiger partial charge is 0.254 e. The lowest BCUT2D eigenvalue weighted by molar-refractivity contribution is -0.0364. The van der Waals surface area contributed by atoms with Gasteiger partial charge in [0.15, 0.2) is 0 Å².